The molecular weight excluding hydrogens is 574 g/mol. The molecule has 5 rings (SSSR count). The first-order chi connectivity index (χ1) is 19.9. The largest absolute Gasteiger partial charge is 0.497 e. The van der Waals surface area contributed by atoms with Crippen LogP contribution in [0.5, 0.6) is 11.5 Å². The van der Waals surface area contributed by atoms with Crippen LogP contribution in [0.3, 0.4) is 0 Å². The number of pyridine rings is 1. The lowest BCUT2D eigenvalue weighted by Gasteiger charge is -2.20. The first-order valence-electron chi connectivity index (χ1n) is 14.6. The molecular formula is C32H44ClN3O7. The molecule has 1 amide bonds. The van der Waals surface area contributed by atoms with E-state index < -0.39 is 17.6 Å². The van der Waals surface area contributed by atoms with E-state index in [0.29, 0.717) is 25.3 Å². The number of rotatable bonds is 9. The third kappa shape index (κ3) is 8.60. The zero-order valence-corrected chi connectivity index (χ0v) is 26.7. The number of esters is 2. The first kappa shape index (κ1) is 34.1. The Morgan fingerprint density at radius 3 is 2.47 bits per heavy atom. The molecule has 3 fully saturated rings. The molecule has 2 heterocycles. The number of hydrogen-bond donors (Lipinski definition) is 2. The van der Waals surface area contributed by atoms with Crippen molar-refractivity contribution in [3.05, 3.63) is 42.6 Å². The number of nitrogens with one attached hydrogen (secondary N) is 2. The second-order valence-electron chi connectivity index (χ2n) is 12.1. The molecule has 2 N–H and O–H groups in total. The molecule has 236 valence electrons. The van der Waals surface area contributed by atoms with E-state index in [1.54, 1.807) is 20.1 Å². The van der Waals surface area contributed by atoms with Gasteiger partial charge in [0.2, 0.25) is 5.91 Å². The van der Waals surface area contributed by atoms with Crippen LogP contribution in [0, 0.1) is 5.92 Å². The highest BCUT2D eigenvalue weighted by Gasteiger charge is 2.61. The lowest BCUT2D eigenvalue weighted by Crippen LogP contribution is -2.51. The number of ether oxygens (including phenoxy) is 4. The summed E-state index contributed by atoms with van der Waals surface area (Å²) in [5.74, 6) is 1.07. The standard InChI is InChI=1S/C26H31N3O5.C6H12O2.ClH/c1-4-16-13-26(16,25(31)33-5-2)29-24(30)22-11-18(14-27-22)34-23-12-20(15-6-7-15)28-21-10-17(32-3)8-9-19(21)23;1-5(7)8-6(2,3)4;/h4,8-10,12,15-16,18,22,27H,1,5-7,11,13-14H2,2-3H3,(H,29,30);1-4H3;1H/t16-,18-,22-,26-;;/m1../s1. The molecule has 1 aromatic carbocycles. The van der Waals surface area contributed by atoms with Crippen LogP contribution in [0.4, 0.5) is 0 Å². The van der Waals surface area contributed by atoms with Crippen LogP contribution in [0.25, 0.3) is 10.9 Å². The van der Waals surface area contributed by atoms with Gasteiger partial charge in [-0.3, -0.25) is 14.6 Å². The summed E-state index contributed by atoms with van der Waals surface area (Å²) in [7, 11) is 1.64. The molecule has 0 bridgehead atoms. The molecule has 10 nitrogen and oxygen atoms in total. The SMILES string of the molecule is C=C[C@@H]1C[C@]1(NC(=O)[C@H]1C[C@@H](Oc2cc(C3CC3)nc3cc(OC)ccc23)CN1)C(=O)OCC.CC(=O)OC(C)(C)C.Cl. The van der Waals surface area contributed by atoms with Gasteiger partial charge in [0.05, 0.1) is 25.3 Å². The van der Waals surface area contributed by atoms with Crippen molar-refractivity contribution in [1.82, 2.24) is 15.6 Å². The highest BCUT2D eigenvalue weighted by molar-refractivity contribution is 5.94. The average Bonchev–Trinajstić information content (AvgIpc) is 3.84. The second-order valence-corrected chi connectivity index (χ2v) is 12.1. The molecule has 2 saturated carbocycles. The van der Waals surface area contributed by atoms with Gasteiger partial charge in [-0.25, -0.2) is 4.79 Å². The maximum Gasteiger partial charge on any atom is 0.332 e. The van der Waals surface area contributed by atoms with E-state index in [0.717, 1.165) is 40.9 Å². The minimum absolute atomic E-state index is 0. The fraction of sp³-hybridized carbons (Fsp3) is 0.562. The van der Waals surface area contributed by atoms with Crippen molar-refractivity contribution in [2.75, 3.05) is 20.3 Å². The number of aromatic nitrogens is 1. The zero-order chi connectivity index (χ0) is 30.7. The van der Waals surface area contributed by atoms with Crippen molar-refractivity contribution in [2.24, 2.45) is 5.92 Å². The van der Waals surface area contributed by atoms with Crippen LogP contribution < -0.4 is 20.1 Å². The Kier molecular flexibility index (Phi) is 11.1. The number of amides is 1. The van der Waals surface area contributed by atoms with E-state index in [9.17, 15) is 14.4 Å². The van der Waals surface area contributed by atoms with Gasteiger partial charge in [-0.05, 0) is 59.1 Å². The molecule has 2 aromatic rings. The smallest absolute Gasteiger partial charge is 0.332 e. The summed E-state index contributed by atoms with van der Waals surface area (Å²) < 4.78 is 21.8. The van der Waals surface area contributed by atoms with Crippen molar-refractivity contribution < 1.29 is 33.3 Å². The minimum Gasteiger partial charge on any atom is -0.497 e. The first-order valence-corrected chi connectivity index (χ1v) is 14.6. The van der Waals surface area contributed by atoms with Gasteiger partial charge < -0.3 is 29.6 Å². The van der Waals surface area contributed by atoms with E-state index in [2.05, 4.69) is 17.2 Å². The average molecular weight is 618 g/mol. The monoisotopic (exact) mass is 617 g/mol. The van der Waals surface area contributed by atoms with Crippen LogP contribution in [0.2, 0.25) is 0 Å². The number of halogens is 1. The Bertz CT molecular complexity index is 1340. The molecule has 0 radical (unpaired) electrons. The fourth-order valence-electron chi connectivity index (χ4n) is 5.18. The number of carbonyl (C=O) groups excluding carboxylic acids is 3. The third-order valence-corrected chi connectivity index (χ3v) is 7.43. The van der Waals surface area contributed by atoms with Crippen molar-refractivity contribution in [2.45, 2.75) is 89.5 Å². The molecule has 0 unspecified atom stereocenters. The van der Waals surface area contributed by atoms with Crippen LogP contribution in [0.1, 0.15) is 71.9 Å². The summed E-state index contributed by atoms with van der Waals surface area (Å²) in [6, 6.07) is 7.38. The normalized spacial score (nSPS) is 24.0. The van der Waals surface area contributed by atoms with Crippen molar-refractivity contribution in [3.8, 4) is 11.5 Å². The summed E-state index contributed by atoms with van der Waals surface area (Å²) >= 11 is 0. The van der Waals surface area contributed by atoms with Gasteiger partial charge in [-0.2, -0.15) is 0 Å². The Hall–Kier alpha value is -3.37. The van der Waals surface area contributed by atoms with Gasteiger partial charge in [0, 0.05) is 54.9 Å². The maximum absolute atomic E-state index is 13.0. The minimum atomic E-state index is -0.991. The number of carbonyl (C=O) groups is 3. The van der Waals surface area contributed by atoms with Gasteiger partial charge in [0.1, 0.15) is 28.7 Å². The maximum atomic E-state index is 13.0. The molecule has 43 heavy (non-hydrogen) atoms. The van der Waals surface area contributed by atoms with Crippen LogP contribution >= 0.6 is 12.4 Å². The quantitative estimate of drug-likeness (QED) is 0.306. The second kappa shape index (κ2) is 13.9. The molecule has 2 aliphatic carbocycles. The van der Waals surface area contributed by atoms with E-state index in [-0.39, 0.29) is 48.5 Å². The lowest BCUT2D eigenvalue weighted by atomic mass is 10.1. The summed E-state index contributed by atoms with van der Waals surface area (Å²) in [4.78, 5) is 40.5. The molecule has 1 aliphatic heterocycles. The highest BCUT2D eigenvalue weighted by atomic mass is 35.5. The van der Waals surface area contributed by atoms with Crippen molar-refractivity contribution in [3.63, 3.8) is 0 Å². The predicted octanol–water partition coefficient (Wildman–Crippen LogP) is 4.62. The van der Waals surface area contributed by atoms with E-state index in [4.69, 9.17) is 23.9 Å². The summed E-state index contributed by atoms with van der Waals surface area (Å²) in [6.45, 7) is 13.3. The van der Waals surface area contributed by atoms with E-state index in [1.807, 2.05) is 45.0 Å². The number of hydrogen-bond acceptors (Lipinski definition) is 9. The lowest BCUT2D eigenvalue weighted by molar-refractivity contribution is -0.152. The third-order valence-electron chi connectivity index (χ3n) is 7.43. The summed E-state index contributed by atoms with van der Waals surface area (Å²) in [6.07, 6.45) is 4.83. The van der Waals surface area contributed by atoms with Crippen molar-refractivity contribution in [1.29, 1.82) is 0 Å². The van der Waals surface area contributed by atoms with Crippen LogP contribution in [-0.2, 0) is 23.9 Å². The van der Waals surface area contributed by atoms with Gasteiger partial charge in [-0.15, -0.1) is 19.0 Å². The Morgan fingerprint density at radius 1 is 1.21 bits per heavy atom. The van der Waals surface area contributed by atoms with Gasteiger partial charge in [0.25, 0.3) is 0 Å². The van der Waals surface area contributed by atoms with Crippen LogP contribution in [0.15, 0.2) is 36.9 Å². The van der Waals surface area contributed by atoms with Gasteiger partial charge in [-0.1, -0.05) is 6.08 Å². The van der Waals surface area contributed by atoms with Crippen molar-refractivity contribution >= 4 is 41.2 Å². The number of benzene rings is 1. The summed E-state index contributed by atoms with van der Waals surface area (Å²) in [5, 5.41) is 7.10. The fourth-order valence-corrected chi connectivity index (χ4v) is 5.18. The Morgan fingerprint density at radius 2 is 1.93 bits per heavy atom. The molecule has 11 heteroatoms. The number of methoxy groups -OCH3 is 1. The molecule has 0 spiro atoms. The predicted molar refractivity (Wildman–Crippen MR) is 166 cm³/mol. The Labute approximate surface area is 259 Å². The molecule has 4 atom stereocenters. The van der Waals surface area contributed by atoms with Gasteiger partial charge in [0.15, 0.2) is 0 Å². The highest BCUT2D eigenvalue weighted by Crippen LogP contribution is 2.46. The number of fused-ring (bicyclic) bond motifs is 1. The topological polar surface area (TPSA) is 125 Å². The zero-order valence-electron chi connectivity index (χ0n) is 25.9. The molecule has 3 aliphatic rings. The van der Waals surface area contributed by atoms with Gasteiger partial charge >= 0.3 is 11.9 Å². The molecule has 1 aromatic heterocycles. The van der Waals surface area contributed by atoms with Crippen LogP contribution in [-0.4, -0.2) is 66.4 Å². The number of nitrogens with zero attached hydrogens (tertiary/aromatic N) is 1. The summed E-state index contributed by atoms with van der Waals surface area (Å²) in [5.41, 5.74) is 0.567. The molecule has 1 saturated heterocycles. The van der Waals surface area contributed by atoms with E-state index >= 15 is 0 Å². The van der Waals surface area contributed by atoms with E-state index in [1.165, 1.54) is 6.92 Å². The Balaban J connectivity index is 0.000000497.